The molecule has 1 aromatic carbocycles. The molecular formula is C16H23N3. The molecular weight excluding hydrogens is 234 g/mol. The maximum absolute atomic E-state index is 5.88. The third kappa shape index (κ3) is 2.34. The molecule has 1 aromatic heterocycles. The molecule has 1 fully saturated rings. The van der Waals surface area contributed by atoms with Crippen molar-refractivity contribution in [3.8, 4) is 0 Å². The lowest BCUT2D eigenvalue weighted by Gasteiger charge is -2.16. The molecule has 3 heteroatoms. The van der Waals surface area contributed by atoms with Crippen LogP contribution < -0.4 is 5.73 Å². The van der Waals surface area contributed by atoms with Crippen molar-refractivity contribution in [2.75, 3.05) is 5.73 Å². The number of hydrogen-bond donors (Lipinski definition) is 1. The van der Waals surface area contributed by atoms with E-state index in [1.807, 2.05) is 12.1 Å². The first kappa shape index (κ1) is 12.5. The van der Waals surface area contributed by atoms with E-state index in [0.29, 0.717) is 5.92 Å². The van der Waals surface area contributed by atoms with Crippen LogP contribution in [0, 0.1) is 5.92 Å². The fraction of sp³-hybridized carbons (Fsp3) is 0.562. The fourth-order valence-corrected chi connectivity index (χ4v) is 2.82. The second-order valence-electron chi connectivity index (χ2n) is 5.79. The predicted molar refractivity (Wildman–Crippen MR) is 80.2 cm³/mol. The first-order chi connectivity index (χ1) is 9.22. The van der Waals surface area contributed by atoms with Crippen molar-refractivity contribution in [3.05, 3.63) is 24.0 Å². The van der Waals surface area contributed by atoms with Gasteiger partial charge in [-0.25, -0.2) is 4.98 Å². The molecule has 0 atom stereocenters. The van der Waals surface area contributed by atoms with Gasteiger partial charge >= 0.3 is 0 Å². The fourth-order valence-electron chi connectivity index (χ4n) is 2.82. The summed E-state index contributed by atoms with van der Waals surface area (Å²) in [6, 6.07) is 6.13. The van der Waals surface area contributed by atoms with Crippen molar-refractivity contribution >= 4 is 16.7 Å². The van der Waals surface area contributed by atoms with Gasteiger partial charge in [0, 0.05) is 18.2 Å². The minimum atomic E-state index is 0.683. The number of benzene rings is 1. The van der Waals surface area contributed by atoms with Crippen LogP contribution in [0.2, 0.25) is 0 Å². The lowest BCUT2D eigenvalue weighted by molar-refractivity contribution is 0.417. The third-order valence-corrected chi connectivity index (χ3v) is 4.34. The summed E-state index contributed by atoms with van der Waals surface area (Å²) in [6.07, 6.45) is 5.05. The Labute approximate surface area is 114 Å². The third-order valence-electron chi connectivity index (χ3n) is 4.34. The van der Waals surface area contributed by atoms with Gasteiger partial charge in [-0.2, -0.15) is 0 Å². The van der Waals surface area contributed by atoms with Gasteiger partial charge in [-0.05, 0) is 37.0 Å². The smallest absolute Gasteiger partial charge is 0.113 e. The zero-order chi connectivity index (χ0) is 13.4. The first-order valence-corrected chi connectivity index (χ1v) is 7.48. The van der Waals surface area contributed by atoms with E-state index in [2.05, 4.69) is 24.5 Å². The molecule has 0 radical (unpaired) electrons. The molecule has 0 bridgehead atoms. The van der Waals surface area contributed by atoms with E-state index < -0.39 is 0 Å². The molecule has 0 saturated heterocycles. The minimum absolute atomic E-state index is 0.683. The second-order valence-corrected chi connectivity index (χ2v) is 5.79. The molecule has 2 aromatic rings. The molecule has 3 rings (SSSR count). The zero-order valence-electron chi connectivity index (χ0n) is 11.9. The maximum atomic E-state index is 5.88. The van der Waals surface area contributed by atoms with Crippen LogP contribution in [0.15, 0.2) is 18.2 Å². The molecule has 3 nitrogen and oxygen atoms in total. The highest BCUT2D eigenvalue weighted by Crippen LogP contribution is 2.41. The van der Waals surface area contributed by atoms with Crippen LogP contribution in [0.1, 0.15) is 51.3 Å². The molecule has 0 amide bonds. The van der Waals surface area contributed by atoms with Gasteiger partial charge in [0.1, 0.15) is 5.82 Å². The Bertz CT molecular complexity index is 577. The summed E-state index contributed by atoms with van der Waals surface area (Å²) in [5.41, 5.74) is 9.00. The van der Waals surface area contributed by atoms with Gasteiger partial charge in [-0.1, -0.05) is 26.7 Å². The van der Waals surface area contributed by atoms with E-state index in [1.54, 1.807) is 0 Å². The summed E-state index contributed by atoms with van der Waals surface area (Å²) < 4.78 is 2.45. The molecule has 1 aliphatic rings. The Hall–Kier alpha value is -1.51. The van der Waals surface area contributed by atoms with Crippen LogP contribution in [-0.4, -0.2) is 9.55 Å². The van der Waals surface area contributed by atoms with Crippen molar-refractivity contribution < 1.29 is 0 Å². The van der Waals surface area contributed by atoms with Crippen LogP contribution in [0.25, 0.3) is 11.0 Å². The molecule has 0 aliphatic heterocycles. The lowest BCUT2D eigenvalue weighted by atomic mass is 10.0. The zero-order valence-corrected chi connectivity index (χ0v) is 11.9. The van der Waals surface area contributed by atoms with Gasteiger partial charge in [0.05, 0.1) is 11.0 Å². The molecule has 1 heterocycles. The Kier molecular flexibility index (Phi) is 3.21. The van der Waals surface area contributed by atoms with E-state index in [0.717, 1.165) is 23.7 Å². The summed E-state index contributed by atoms with van der Waals surface area (Å²) in [4.78, 5) is 4.84. The molecule has 2 N–H and O–H groups in total. The number of aromatic nitrogens is 2. The largest absolute Gasteiger partial charge is 0.399 e. The van der Waals surface area contributed by atoms with Gasteiger partial charge in [0.2, 0.25) is 0 Å². The molecule has 102 valence electrons. The van der Waals surface area contributed by atoms with Crippen molar-refractivity contribution in [1.82, 2.24) is 9.55 Å². The van der Waals surface area contributed by atoms with Gasteiger partial charge < -0.3 is 10.3 Å². The highest BCUT2D eigenvalue weighted by molar-refractivity contribution is 5.79. The lowest BCUT2D eigenvalue weighted by Crippen LogP contribution is -2.11. The average molecular weight is 257 g/mol. The summed E-state index contributed by atoms with van der Waals surface area (Å²) >= 11 is 0. The summed E-state index contributed by atoms with van der Waals surface area (Å²) in [5.74, 6) is 2.71. The number of fused-ring (bicyclic) bond motifs is 1. The highest BCUT2D eigenvalue weighted by atomic mass is 15.1. The number of nitrogens with two attached hydrogens (primary N) is 1. The normalized spacial score (nSPS) is 15.5. The molecule has 0 spiro atoms. The van der Waals surface area contributed by atoms with Crippen molar-refractivity contribution in [2.45, 2.75) is 52.0 Å². The summed E-state index contributed by atoms with van der Waals surface area (Å²) in [5, 5.41) is 0. The predicted octanol–water partition coefficient (Wildman–Crippen LogP) is 3.93. The first-order valence-electron chi connectivity index (χ1n) is 7.48. The Morgan fingerprint density at radius 1 is 1.32 bits per heavy atom. The Balaban J connectivity index is 2.05. The number of anilines is 1. The van der Waals surface area contributed by atoms with Crippen molar-refractivity contribution in [3.63, 3.8) is 0 Å². The molecule has 1 saturated carbocycles. The van der Waals surface area contributed by atoms with Crippen LogP contribution in [0.4, 0.5) is 5.69 Å². The van der Waals surface area contributed by atoms with Crippen molar-refractivity contribution in [2.24, 2.45) is 5.92 Å². The Morgan fingerprint density at radius 2 is 2.05 bits per heavy atom. The quantitative estimate of drug-likeness (QED) is 0.825. The SMILES string of the molecule is CCC(CC)Cn1c(C2CC2)nc2cc(N)ccc21. The monoisotopic (exact) mass is 257 g/mol. The average Bonchev–Trinajstić information content (AvgIpc) is 3.19. The highest BCUT2D eigenvalue weighted by Gasteiger charge is 2.30. The number of imidazole rings is 1. The Morgan fingerprint density at radius 3 is 2.68 bits per heavy atom. The molecule has 19 heavy (non-hydrogen) atoms. The van der Waals surface area contributed by atoms with E-state index >= 15 is 0 Å². The molecule has 0 unspecified atom stereocenters. The van der Waals surface area contributed by atoms with Crippen LogP contribution in [0.5, 0.6) is 0 Å². The molecule has 1 aliphatic carbocycles. The van der Waals surface area contributed by atoms with E-state index in [9.17, 15) is 0 Å². The number of hydrogen-bond acceptors (Lipinski definition) is 2. The van der Waals surface area contributed by atoms with E-state index in [-0.39, 0.29) is 0 Å². The van der Waals surface area contributed by atoms with Gasteiger partial charge in [-0.3, -0.25) is 0 Å². The number of rotatable bonds is 5. The van der Waals surface area contributed by atoms with E-state index in [4.69, 9.17) is 10.7 Å². The van der Waals surface area contributed by atoms with Crippen LogP contribution in [0.3, 0.4) is 0 Å². The second kappa shape index (κ2) is 4.87. The van der Waals surface area contributed by atoms with Crippen LogP contribution in [-0.2, 0) is 6.54 Å². The van der Waals surface area contributed by atoms with Crippen molar-refractivity contribution in [1.29, 1.82) is 0 Å². The van der Waals surface area contributed by atoms with Gasteiger partial charge in [0.15, 0.2) is 0 Å². The summed E-state index contributed by atoms with van der Waals surface area (Å²) in [7, 11) is 0. The van der Waals surface area contributed by atoms with Crippen LogP contribution >= 0.6 is 0 Å². The maximum Gasteiger partial charge on any atom is 0.113 e. The van der Waals surface area contributed by atoms with E-state index in [1.165, 1.54) is 37.0 Å². The number of nitrogens with zero attached hydrogens (tertiary/aromatic N) is 2. The minimum Gasteiger partial charge on any atom is -0.399 e. The topological polar surface area (TPSA) is 43.8 Å². The number of nitrogen functional groups attached to an aromatic ring is 1. The van der Waals surface area contributed by atoms with Gasteiger partial charge in [0.25, 0.3) is 0 Å². The summed E-state index contributed by atoms with van der Waals surface area (Å²) in [6.45, 7) is 5.66. The van der Waals surface area contributed by atoms with Gasteiger partial charge in [-0.15, -0.1) is 0 Å². The standard InChI is InChI=1S/C16H23N3/c1-3-11(4-2)10-19-15-8-7-13(17)9-14(15)18-16(19)12-5-6-12/h7-9,11-12H,3-6,10,17H2,1-2H3.